The Morgan fingerprint density at radius 2 is 1.85 bits per heavy atom. The van der Waals surface area contributed by atoms with Gasteiger partial charge in [-0.3, -0.25) is 19.1 Å². The molecule has 174 valence electrons. The minimum atomic E-state index is -2.89. The summed E-state index contributed by atoms with van der Waals surface area (Å²) in [6, 6.07) is 16.8. The molecule has 0 aliphatic heterocycles. The maximum absolute atomic E-state index is 13.1. The maximum Gasteiger partial charge on any atom is 0.387 e. The molecule has 0 saturated heterocycles. The van der Waals surface area contributed by atoms with E-state index in [2.05, 4.69) is 20.0 Å². The van der Waals surface area contributed by atoms with Gasteiger partial charge in [-0.1, -0.05) is 42.1 Å². The summed E-state index contributed by atoms with van der Waals surface area (Å²) >= 11 is 1.16. The van der Waals surface area contributed by atoms with E-state index < -0.39 is 6.61 Å². The van der Waals surface area contributed by atoms with Crippen molar-refractivity contribution in [3.05, 3.63) is 94.5 Å². The second kappa shape index (κ2) is 10.9. The summed E-state index contributed by atoms with van der Waals surface area (Å²) in [6.45, 7) is -2.38. The molecule has 0 aliphatic rings. The average Bonchev–Trinajstić information content (AvgIpc) is 2.84. The number of thioether (sulfide) groups is 1. The molecule has 7 nitrogen and oxygen atoms in total. The molecule has 4 rings (SSSR count). The van der Waals surface area contributed by atoms with Crippen LogP contribution in [0.1, 0.15) is 11.1 Å². The van der Waals surface area contributed by atoms with E-state index in [1.807, 2.05) is 6.07 Å². The third-order valence-corrected chi connectivity index (χ3v) is 5.84. The van der Waals surface area contributed by atoms with Gasteiger partial charge in [-0.15, -0.1) is 0 Å². The van der Waals surface area contributed by atoms with E-state index in [-0.39, 0.29) is 36.1 Å². The zero-order valence-corrected chi connectivity index (χ0v) is 18.7. The highest BCUT2D eigenvalue weighted by atomic mass is 32.2. The van der Waals surface area contributed by atoms with Crippen molar-refractivity contribution in [3.8, 4) is 5.75 Å². The Balaban J connectivity index is 1.45. The predicted molar refractivity (Wildman–Crippen MR) is 125 cm³/mol. The predicted octanol–water partition coefficient (Wildman–Crippen LogP) is 3.85. The summed E-state index contributed by atoms with van der Waals surface area (Å²) in [7, 11) is 0. The van der Waals surface area contributed by atoms with Crippen molar-refractivity contribution in [2.75, 3.05) is 5.75 Å². The van der Waals surface area contributed by atoms with Crippen LogP contribution in [0.2, 0.25) is 0 Å². The lowest BCUT2D eigenvalue weighted by atomic mass is 10.2. The standard InChI is InChI=1S/C24H20F2N4O3S/c25-23(26)33-18-9-7-16(8-10-18)13-28-21(31)15-34-24-29-20-6-2-1-5-19(20)22(32)30(24)14-17-4-3-11-27-12-17/h1-12,23H,13-15H2,(H,28,31). The van der Waals surface area contributed by atoms with Crippen LogP contribution >= 0.6 is 11.8 Å². The van der Waals surface area contributed by atoms with E-state index in [1.54, 1.807) is 59.4 Å². The molecule has 0 fully saturated rings. The first-order chi connectivity index (χ1) is 16.5. The van der Waals surface area contributed by atoms with Gasteiger partial charge in [0, 0.05) is 18.9 Å². The van der Waals surface area contributed by atoms with Crippen LogP contribution in [0.25, 0.3) is 10.9 Å². The molecule has 4 aromatic rings. The minimum absolute atomic E-state index is 0.0460. The van der Waals surface area contributed by atoms with Crippen molar-refractivity contribution in [3.63, 3.8) is 0 Å². The molecule has 0 spiro atoms. The molecule has 1 amide bonds. The van der Waals surface area contributed by atoms with Crippen LogP contribution in [0, 0.1) is 0 Å². The van der Waals surface area contributed by atoms with Crippen LogP contribution < -0.4 is 15.6 Å². The molecule has 0 bridgehead atoms. The number of rotatable bonds is 9. The lowest BCUT2D eigenvalue weighted by Gasteiger charge is -2.13. The van der Waals surface area contributed by atoms with Crippen molar-refractivity contribution in [2.24, 2.45) is 0 Å². The molecular weight excluding hydrogens is 462 g/mol. The van der Waals surface area contributed by atoms with Gasteiger partial charge in [-0.25, -0.2) is 4.98 Å². The van der Waals surface area contributed by atoms with Crippen LogP contribution in [-0.2, 0) is 17.9 Å². The summed E-state index contributed by atoms with van der Waals surface area (Å²) < 4.78 is 30.4. The Morgan fingerprint density at radius 3 is 2.59 bits per heavy atom. The second-order valence-corrected chi connectivity index (χ2v) is 8.19. The van der Waals surface area contributed by atoms with Gasteiger partial charge in [0.25, 0.3) is 5.56 Å². The number of pyridine rings is 1. The van der Waals surface area contributed by atoms with Crippen molar-refractivity contribution >= 4 is 28.6 Å². The number of benzene rings is 2. The third kappa shape index (κ3) is 5.96. The van der Waals surface area contributed by atoms with Gasteiger partial charge in [0.15, 0.2) is 5.16 Å². The smallest absolute Gasteiger partial charge is 0.387 e. The molecule has 10 heteroatoms. The minimum Gasteiger partial charge on any atom is -0.435 e. The van der Waals surface area contributed by atoms with Gasteiger partial charge in [0.2, 0.25) is 5.91 Å². The van der Waals surface area contributed by atoms with Crippen LogP contribution in [0.5, 0.6) is 5.75 Å². The van der Waals surface area contributed by atoms with E-state index in [4.69, 9.17) is 0 Å². The molecule has 2 aromatic carbocycles. The van der Waals surface area contributed by atoms with E-state index in [1.165, 1.54) is 12.1 Å². The first-order valence-corrected chi connectivity index (χ1v) is 11.3. The first-order valence-electron chi connectivity index (χ1n) is 10.3. The number of hydrogen-bond donors (Lipinski definition) is 1. The molecule has 0 saturated carbocycles. The fourth-order valence-electron chi connectivity index (χ4n) is 3.24. The summed E-state index contributed by atoms with van der Waals surface area (Å²) in [5.41, 5.74) is 1.94. The quantitative estimate of drug-likeness (QED) is 0.288. The number of halogens is 2. The summed E-state index contributed by atoms with van der Waals surface area (Å²) in [4.78, 5) is 34.3. The van der Waals surface area contributed by atoms with E-state index in [0.717, 1.165) is 22.9 Å². The number of fused-ring (bicyclic) bond motifs is 1. The van der Waals surface area contributed by atoms with Gasteiger partial charge in [-0.05, 0) is 41.5 Å². The first kappa shape index (κ1) is 23.4. The molecule has 2 aromatic heterocycles. The average molecular weight is 483 g/mol. The molecule has 0 unspecified atom stereocenters. The zero-order valence-electron chi connectivity index (χ0n) is 17.9. The zero-order chi connectivity index (χ0) is 23.9. The number of hydrogen-bond acceptors (Lipinski definition) is 6. The van der Waals surface area contributed by atoms with Crippen LogP contribution in [-0.4, -0.2) is 32.8 Å². The third-order valence-electron chi connectivity index (χ3n) is 4.86. The Labute approximate surface area is 197 Å². The van der Waals surface area contributed by atoms with Crippen LogP contribution in [0.15, 0.2) is 83.0 Å². The molecule has 0 aliphatic carbocycles. The lowest BCUT2D eigenvalue weighted by Crippen LogP contribution is -2.27. The van der Waals surface area contributed by atoms with Gasteiger partial charge in [0.05, 0.1) is 23.2 Å². The molecule has 2 heterocycles. The fraction of sp³-hybridized carbons (Fsp3) is 0.167. The number of nitrogens with one attached hydrogen (secondary N) is 1. The van der Waals surface area contributed by atoms with E-state index >= 15 is 0 Å². The Hall–Kier alpha value is -3.79. The van der Waals surface area contributed by atoms with Gasteiger partial charge in [0.1, 0.15) is 5.75 Å². The lowest BCUT2D eigenvalue weighted by molar-refractivity contribution is -0.118. The van der Waals surface area contributed by atoms with Crippen LogP contribution in [0.3, 0.4) is 0 Å². The molecule has 1 N–H and O–H groups in total. The fourth-order valence-corrected chi connectivity index (χ4v) is 4.07. The van der Waals surface area contributed by atoms with Crippen molar-refractivity contribution in [2.45, 2.75) is 24.9 Å². The van der Waals surface area contributed by atoms with Gasteiger partial charge < -0.3 is 10.1 Å². The largest absolute Gasteiger partial charge is 0.435 e. The van der Waals surface area contributed by atoms with Gasteiger partial charge in [-0.2, -0.15) is 8.78 Å². The normalized spacial score (nSPS) is 11.0. The number of ether oxygens (including phenoxy) is 1. The summed E-state index contributed by atoms with van der Waals surface area (Å²) in [6.07, 6.45) is 3.34. The highest BCUT2D eigenvalue weighted by Crippen LogP contribution is 2.19. The van der Waals surface area contributed by atoms with E-state index in [9.17, 15) is 18.4 Å². The summed E-state index contributed by atoms with van der Waals surface area (Å²) in [5.74, 6) is -0.160. The number of carbonyl (C=O) groups excluding carboxylic acids is 1. The van der Waals surface area contributed by atoms with Crippen molar-refractivity contribution < 1.29 is 18.3 Å². The van der Waals surface area contributed by atoms with Crippen LogP contribution in [0.4, 0.5) is 8.78 Å². The van der Waals surface area contributed by atoms with Gasteiger partial charge >= 0.3 is 6.61 Å². The molecule has 0 atom stereocenters. The van der Waals surface area contributed by atoms with Crippen molar-refractivity contribution in [1.82, 2.24) is 19.9 Å². The Bertz CT molecular complexity index is 1330. The number of aromatic nitrogens is 3. The van der Waals surface area contributed by atoms with E-state index in [0.29, 0.717) is 16.1 Å². The SMILES string of the molecule is O=C(CSc1nc2ccccc2c(=O)n1Cc1cccnc1)NCc1ccc(OC(F)F)cc1. The number of nitrogens with zero attached hydrogens (tertiary/aromatic N) is 3. The molecule has 0 radical (unpaired) electrons. The number of alkyl halides is 2. The van der Waals surface area contributed by atoms with Crippen molar-refractivity contribution in [1.29, 1.82) is 0 Å². The number of amides is 1. The summed E-state index contributed by atoms with van der Waals surface area (Å²) in [5, 5.41) is 3.70. The number of para-hydroxylation sites is 1. The maximum atomic E-state index is 13.1. The highest BCUT2D eigenvalue weighted by molar-refractivity contribution is 7.99. The Morgan fingerprint density at radius 1 is 1.06 bits per heavy atom. The molecule has 34 heavy (non-hydrogen) atoms. The topological polar surface area (TPSA) is 86.1 Å². The second-order valence-electron chi connectivity index (χ2n) is 7.25. The Kier molecular flexibility index (Phi) is 7.48. The highest BCUT2D eigenvalue weighted by Gasteiger charge is 2.14. The monoisotopic (exact) mass is 482 g/mol. The molecular formula is C24H20F2N4O3S. The number of carbonyl (C=O) groups is 1.